The number of methoxy groups -OCH3 is 1. The fourth-order valence-corrected chi connectivity index (χ4v) is 3.62. The van der Waals surface area contributed by atoms with Gasteiger partial charge in [-0.05, 0) is 77.2 Å². The van der Waals surface area contributed by atoms with Gasteiger partial charge in [-0.2, -0.15) is 0 Å². The van der Waals surface area contributed by atoms with E-state index in [4.69, 9.17) is 9.47 Å². The molecule has 0 spiro atoms. The summed E-state index contributed by atoms with van der Waals surface area (Å²) in [4.78, 5) is 11.4. The molecule has 0 heterocycles. The van der Waals surface area contributed by atoms with Crippen LogP contribution in [0.5, 0.6) is 5.75 Å². The largest absolute Gasteiger partial charge is 0.488 e. The fourth-order valence-electron chi connectivity index (χ4n) is 2.91. The molecule has 2 rings (SSSR count). The smallest absolute Gasteiger partial charge is 0.305 e. The predicted octanol–water partition coefficient (Wildman–Crippen LogP) is 5.78. The number of carbonyl (C=O) groups is 1. The quantitative estimate of drug-likeness (QED) is 0.349. The van der Waals surface area contributed by atoms with E-state index < -0.39 is 6.43 Å². The summed E-state index contributed by atoms with van der Waals surface area (Å²) in [7, 11) is 1.36. The second-order valence-corrected chi connectivity index (χ2v) is 7.38. The van der Waals surface area contributed by atoms with Gasteiger partial charge in [-0.1, -0.05) is 19.1 Å². The average Bonchev–Trinajstić information content (AvgIpc) is 2.65. The third kappa shape index (κ3) is 5.64. The maximum Gasteiger partial charge on any atom is 0.305 e. The summed E-state index contributed by atoms with van der Waals surface area (Å²) in [5.41, 5.74) is 3.60. The molecular weight excluding hydrogens is 465 g/mol. The van der Waals surface area contributed by atoms with E-state index in [0.29, 0.717) is 12.8 Å². The molecule has 0 atom stereocenters. The minimum atomic E-state index is -2.60. The SMILES string of the molecule is CCc1cc(C(F)F)c(OCc2c(I)cccc2CCC(=O)OC)cc1C. The average molecular weight is 488 g/mol. The van der Waals surface area contributed by atoms with Crippen LogP contribution < -0.4 is 4.74 Å². The molecule has 0 radical (unpaired) electrons. The molecule has 0 aliphatic heterocycles. The van der Waals surface area contributed by atoms with Gasteiger partial charge in [-0.25, -0.2) is 8.78 Å². The number of carbonyl (C=O) groups excluding carboxylic acids is 1. The lowest BCUT2D eigenvalue weighted by Gasteiger charge is -2.17. The number of rotatable bonds is 8. The Hall–Kier alpha value is -1.70. The number of benzene rings is 2. The van der Waals surface area contributed by atoms with Gasteiger partial charge in [0.15, 0.2) is 0 Å². The molecule has 0 unspecified atom stereocenters. The Morgan fingerprint density at radius 1 is 1.22 bits per heavy atom. The van der Waals surface area contributed by atoms with E-state index in [9.17, 15) is 13.6 Å². The second kappa shape index (κ2) is 10.0. The third-order valence-electron chi connectivity index (χ3n) is 4.50. The molecule has 0 saturated heterocycles. The van der Waals surface area contributed by atoms with E-state index in [1.807, 2.05) is 32.0 Å². The number of aryl methyl sites for hydroxylation is 3. The maximum absolute atomic E-state index is 13.5. The van der Waals surface area contributed by atoms with Crippen molar-refractivity contribution in [2.45, 2.75) is 46.1 Å². The van der Waals surface area contributed by atoms with Gasteiger partial charge >= 0.3 is 5.97 Å². The van der Waals surface area contributed by atoms with Crippen molar-refractivity contribution in [1.29, 1.82) is 0 Å². The summed E-state index contributed by atoms with van der Waals surface area (Å²) in [5.74, 6) is -0.0789. The van der Waals surface area contributed by atoms with Gasteiger partial charge < -0.3 is 9.47 Å². The summed E-state index contributed by atoms with van der Waals surface area (Å²) in [5, 5.41) is 0. The Bertz CT molecular complexity index is 806. The molecule has 27 heavy (non-hydrogen) atoms. The summed E-state index contributed by atoms with van der Waals surface area (Å²) in [6.07, 6.45) is -1.13. The predicted molar refractivity (Wildman–Crippen MR) is 109 cm³/mol. The molecule has 0 amide bonds. The molecule has 146 valence electrons. The van der Waals surface area contributed by atoms with Crippen molar-refractivity contribution >= 4 is 28.6 Å². The molecule has 0 aliphatic rings. The van der Waals surface area contributed by atoms with Crippen LogP contribution in [-0.4, -0.2) is 13.1 Å². The van der Waals surface area contributed by atoms with Gasteiger partial charge in [-0.15, -0.1) is 0 Å². The molecule has 0 bridgehead atoms. The van der Waals surface area contributed by atoms with E-state index in [-0.39, 0.29) is 30.3 Å². The topological polar surface area (TPSA) is 35.5 Å². The van der Waals surface area contributed by atoms with E-state index in [0.717, 1.165) is 25.8 Å². The molecule has 3 nitrogen and oxygen atoms in total. The Kier molecular flexibility index (Phi) is 8.01. The summed E-state index contributed by atoms with van der Waals surface area (Å²) in [6, 6.07) is 8.97. The molecule has 0 N–H and O–H groups in total. The Balaban J connectivity index is 2.26. The lowest BCUT2D eigenvalue weighted by molar-refractivity contribution is -0.140. The highest BCUT2D eigenvalue weighted by Crippen LogP contribution is 2.33. The molecule has 0 aliphatic carbocycles. The first-order chi connectivity index (χ1) is 12.9. The summed E-state index contributed by atoms with van der Waals surface area (Å²) in [6.45, 7) is 4.01. The van der Waals surface area contributed by atoms with Gasteiger partial charge in [0.1, 0.15) is 12.4 Å². The van der Waals surface area contributed by atoms with Crippen molar-refractivity contribution in [3.05, 3.63) is 61.7 Å². The standard InChI is InChI=1S/C21H23F2IO3/c1-4-14-11-16(21(22)23)19(10-13(14)2)27-12-17-15(6-5-7-18(17)24)8-9-20(25)26-3/h5-7,10-11,21H,4,8-9,12H2,1-3H3. The highest BCUT2D eigenvalue weighted by molar-refractivity contribution is 14.1. The van der Waals surface area contributed by atoms with Crippen LogP contribution in [0.4, 0.5) is 8.78 Å². The molecule has 0 aromatic heterocycles. The minimum absolute atomic E-state index is 0.0838. The van der Waals surface area contributed by atoms with Gasteiger partial charge in [-0.3, -0.25) is 4.79 Å². The number of esters is 1. The number of ether oxygens (including phenoxy) is 2. The van der Waals surface area contributed by atoms with Crippen LogP contribution in [0.25, 0.3) is 0 Å². The molecular formula is C21H23F2IO3. The normalized spacial score (nSPS) is 10.9. The minimum Gasteiger partial charge on any atom is -0.488 e. The van der Waals surface area contributed by atoms with Crippen LogP contribution >= 0.6 is 22.6 Å². The fraction of sp³-hybridized carbons (Fsp3) is 0.381. The van der Waals surface area contributed by atoms with Crippen LogP contribution in [0, 0.1) is 10.5 Å². The first-order valence-corrected chi connectivity index (χ1v) is 9.82. The lowest BCUT2D eigenvalue weighted by Crippen LogP contribution is -2.08. The van der Waals surface area contributed by atoms with Crippen LogP contribution in [0.3, 0.4) is 0 Å². The van der Waals surface area contributed by atoms with E-state index >= 15 is 0 Å². The van der Waals surface area contributed by atoms with Crippen molar-refractivity contribution in [2.24, 2.45) is 0 Å². The molecule has 2 aromatic carbocycles. The van der Waals surface area contributed by atoms with Crippen molar-refractivity contribution in [3.8, 4) is 5.75 Å². The third-order valence-corrected chi connectivity index (χ3v) is 5.51. The number of hydrogen-bond acceptors (Lipinski definition) is 3. The number of alkyl halides is 2. The van der Waals surface area contributed by atoms with Crippen molar-refractivity contribution < 1.29 is 23.0 Å². The summed E-state index contributed by atoms with van der Waals surface area (Å²) < 4.78 is 38.4. The zero-order chi connectivity index (χ0) is 20.0. The highest BCUT2D eigenvalue weighted by Gasteiger charge is 2.18. The molecule has 2 aromatic rings. The Labute approximate surface area is 172 Å². The van der Waals surface area contributed by atoms with Gasteiger partial charge in [0.05, 0.1) is 12.7 Å². The zero-order valence-electron chi connectivity index (χ0n) is 15.7. The maximum atomic E-state index is 13.5. The van der Waals surface area contributed by atoms with Crippen LogP contribution in [0.15, 0.2) is 30.3 Å². The Morgan fingerprint density at radius 3 is 2.59 bits per heavy atom. The summed E-state index contributed by atoms with van der Waals surface area (Å²) >= 11 is 2.19. The molecule has 6 heteroatoms. The highest BCUT2D eigenvalue weighted by atomic mass is 127. The van der Waals surface area contributed by atoms with Crippen molar-refractivity contribution in [3.63, 3.8) is 0 Å². The first kappa shape index (κ1) is 21.6. The van der Waals surface area contributed by atoms with E-state index in [1.54, 1.807) is 6.07 Å². The van der Waals surface area contributed by atoms with Crippen molar-refractivity contribution in [2.75, 3.05) is 7.11 Å². The zero-order valence-corrected chi connectivity index (χ0v) is 17.8. The van der Waals surface area contributed by atoms with Gasteiger partial charge in [0.25, 0.3) is 6.43 Å². The Morgan fingerprint density at radius 2 is 1.96 bits per heavy atom. The first-order valence-electron chi connectivity index (χ1n) is 8.74. The van der Waals surface area contributed by atoms with Crippen LogP contribution in [-0.2, 0) is 29.0 Å². The molecule has 0 fully saturated rings. The number of halogens is 3. The van der Waals surface area contributed by atoms with E-state index in [1.165, 1.54) is 13.2 Å². The number of hydrogen-bond donors (Lipinski definition) is 0. The van der Waals surface area contributed by atoms with Gasteiger partial charge in [0.2, 0.25) is 0 Å². The molecule has 0 saturated carbocycles. The van der Waals surface area contributed by atoms with Gasteiger partial charge in [0, 0.05) is 15.6 Å². The lowest BCUT2D eigenvalue weighted by atomic mass is 10.0. The van der Waals surface area contributed by atoms with Crippen LogP contribution in [0.2, 0.25) is 0 Å². The van der Waals surface area contributed by atoms with Crippen LogP contribution in [0.1, 0.15) is 47.6 Å². The van der Waals surface area contributed by atoms with E-state index in [2.05, 4.69) is 22.6 Å². The second-order valence-electron chi connectivity index (χ2n) is 6.21. The van der Waals surface area contributed by atoms with Crippen molar-refractivity contribution in [1.82, 2.24) is 0 Å². The monoisotopic (exact) mass is 488 g/mol.